The van der Waals surface area contributed by atoms with Crippen LogP contribution in [0.1, 0.15) is 135 Å². The summed E-state index contributed by atoms with van der Waals surface area (Å²) in [5.74, 6) is 9.64. The van der Waals surface area contributed by atoms with Gasteiger partial charge in [-0.05, 0) is 158 Å². The first-order chi connectivity index (χ1) is 30.1. The van der Waals surface area contributed by atoms with Crippen molar-refractivity contribution in [2.75, 3.05) is 39.3 Å². The molecule has 3 saturated heterocycles. The van der Waals surface area contributed by atoms with Crippen LogP contribution in [-0.4, -0.2) is 133 Å². The minimum atomic E-state index is -0.943. The predicted octanol–water partition coefficient (Wildman–Crippen LogP) is 3.24. The number of rotatable bonds is 11. The van der Waals surface area contributed by atoms with E-state index in [1.807, 2.05) is 0 Å². The molecule has 0 amide bonds. The van der Waals surface area contributed by atoms with E-state index in [1.165, 1.54) is 26.2 Å². The van der Waals surface area contributed by atoms with E-state index >= 15 is 0 Å². The zero-order valence-corrected chi connectivity index (χ0v) is 37.5. The largest absolute Gasteiger partial charge is 0.462 e. The molecular weight excluding hydrogens is 789 g/mol. The number of hydrogen-bond donors (Lipinski definition) is 8. The van der Waals surface area contributed by atoms with E-state index in [0.717, 1.165) is 109 Å². The van der Waals surface area contributed by atoms with Crippen molar-refractivity contribution in [2.45, 2.75) is 202 Å². The van der Waals surface area contributed by atoms with Crippen molar-refractivity contribution in [3.8, 4) is 11.8 Å². The molecule has 5 heterocycles. The van der Waals surface area contributed by atoms with Crippen molar-refractivity contribution >= 4 is 11.9 Å². The summed E-state index contributed by atoms with van der Waals surface area (Å²) >= 11 is 0. The summed E-state index contributed by atoms with van der Waals surface area (Å²) in [5.41, 5.74) is 5.89. The Morgan fingerprint density at radius 2 is 1.74 bits per heavy atom. The molecule has 0 aromatic rings. The van der Waals surface area contributed by atoms with E-state index in [0.29, 0.717) is 62.9 Å². The molecule has 2 bridgehead atoms. The normalized spacial score (nSPS) is 44.0. The third-order valence-electron chi connectivity index (χ3n) is 16.2. The molecule has 8 rings (SSSR count). The van der Waals surface area contributed by atoms with Gasteiger partial charge in [0.25, 0.3) is 0 Å². The van der Waals surface area contributed by atoms with Gasteiger partial charge in [-0.15, -0.1) is 5.92 Å². The quantitative estimate of drug-likeness (QED) is 0.0856. The third-order valence-corrected chi connectivity index (χ3v) is 16.2. The number of nitrogens with zero attached hydrogens (tertiary/aromatic N) is 1. The monoisotopic (exact) mass is 869 g/mol. The third kappa shape index (κ3) is 12.0. The fourth-order valence-electron chi connectivity index (χ4n) is 12.8. The van der Waals surface area contributed by atoms with Crippen molar-refractivity contribution in [3.63, 3.8) is 0 Å². The van der Waals surface area contributed by atoms with Crippen molar-refractivity contribution in [3.05, 3.63) is 0 Å². The highest BCUT2D eigenvalue weighted by atomic mass is 16.6. The van der Waals surface area contributed by atoms with Crippen LogP contribution in [0.5, 0.6) is 0 Å². The van der Waals surface area contributed by atoms with Crippen LogP contribution in [0.4, 0.5) is 0 Å². The van der Waals surface area contributed by atoms with Crippen LogP contribution in [0.25, 0.3) is 0 Å². The molecule has 3 saturated carbocycles. The first kappa shape index (κ1) is 46.5. The van der Waals surface area contributed by atoms with Crippen LogP contribution in [0.3, 0.4) is 0 Å². The van der Waals surface area contributed by atoms with E-state index in [2.05, 4.69) is 33.1 Å². The Morgan fingerprint density at radius 1 is 0.887 bits per heavy atom. The molecular formula is C48H80N6O8. The van der Waals surface area contributed by atoms with Gasteiger partial charge in [0.2, 0.25) is 0 Å². The standard InChI is InChI=1S/C48H80N6O8/c1-30(55)60-36-27-41(62-42(28-36)35-25-39(57)46(58)44(26-35)59-21-14-32-7-4-17-50-29-32)34-8-2-9-37-40(61-43-23-33(22-34)11-12-38(43)56)10-3-15-48(37)16-20-53-47(54-48)52-18-5-6-31-13-19-51-45(49)24-31/h31-46,50-51,56-58H,3-8,10-29,49H2,1H3,(H2,52,53,54). The number of aliphatic hydroxyl groups excluding tert-OH is 3. The molecule has 1 spiro atoms. The number of nitrogens with one attached hydrogen (secondary N) is 4. The van der Waals surface area contributed by atoms with Gasteiger partial charge in [0.15, 0.2) is 5.96 Å². The molecule has 14 heteroatoms. The summed E-state index contributed by atoms with van der Waals surface area (Å²) in [4.78, 5) is 17.4. The smallest absolute Gasteiger partial charge is 0.302 e. The van der Waals surface area contributed by atoms with E-state index in [4.69, 9.17) is 29.7 Å². The lowest BCUT2D eigenvalue weighted by atomic mass is 9.68. The molecule has 17 atom stereocenters. The van der Waals surface area contributed by atoms with Gasteiger partial charge >= 0.3 is 5.97 Å². The second kappa shape index (κ2) is 22.0. The maximum atomic E-state index is 12.5. The van der Waals surface area contributed by atoms with E-state index < -0.39 is 24.4 Å². The fourth-order valence-corrected chi connectivity index (χ4v) is 12.8. The second-order valence-corrected chi connectivity index (χ2v) is 20.7. The molecule has 0 aromatic carbocycles. The van der Waals surface area contributed by atoms with Crippen LogP contribution in [0.15, 0.2) is 4.99 Å². The molecule has 5 aliphatic heterocycles. The predicted molar refractivity (Wildman–Crippen MR) is 237 cm³/mol. The molecule has 14 nitrogen and oxygen atoms in total. The summed E-state index contributed by atoms with van der Waals surface area (Å²) in [6.45, 7) is 6.68. The fraction of sp³-hybridized carbons (Fsp3) is 0.917. The zero-order valence-electron chi connectivity index (χ0n) is 37.5. The number of ether oxygens (including phenoxy) is 4. The van der Waals surface area contributed by atoms with Crippen molar-refractivity contribution < 1.29 is 39.1 Å². The Kier molecular flexibility index (Phi) is 16.5. The van der Waals surface area contributed by atoms with Gasteiger partial charge in [0.05, 0.1) is 60.4 Å². The SMILES string of the molecule is CC(=O)OC1CC(C2CC#CC3C(CCCC34CCN=C(NCCCC3CCNC(N)C3)N4)OC3CC(CCC3O)C2)OC(C2CC(O)C(O)C(OCCC3CCCNC3)C2)C1. The molecule has 6 fully saturated rings. The molecule has 17 unspecified atom stereocenters. The average Bonchev–Trinajstić information content (AvgIpc) is 3.28. The number of fused-ring (bicyclic) bond motifs is 4. The Bertz CT molecular complexity index is 1540. The lowest BCUT2D eigenvalue weighted by molar-refractivity contribution is -0.189. The van der Waals surface area contributed by atoms with Crippen LogP contribution in [0.2, 0.25) is 0 Å². The van der Waals surface area contributed by atoms with E-state index in [-0.39, 0.29) is 65.9 Å². The first-order valence-corrected chi connectivity index (χ1v) is 25.0. The van der Waals surface area contributed by atoms with Gasteiger partial charge in [-0.1, -0.05) is 5.92 Å². The molecule has 9 N–H and O–H groups in total. The van der Waals surface area contributed by atoms with Gasteiger partial charge in [-0.25, -0.2) is 0 Å². The Balaban J connectivity index is 0.968. The number of hydrogen-bond acceptors (Lipinski definition) is 14. The van der Waals surface area contributed by atoms with Gasteiger partial charge < -0.3 is 61.3 Å². The highest BCUT2D eigenvalue weighted by Gasteiger charge is 2.50. The number of aliphatic hydroxyl groups is 3. The zero-order chi connectivity index (χ0) is 43.1. The Morgan fingerprint density at radius 3 is 2.56 bits per heavy atom. The molecule has 3 aliphatic carbocycles. The minimum Gasteiger partial charge on any atom is -0.462 e. The lowest BCUT2D eigenvalue weighted by Gasteiger charge is -2.49. The van der Waals surface area contributed by atoms with E-state index in [9.17, 15) is 20.1 Å². The molecule has 8 aliphatic rings. The minimum absolute atomic E-state index is 0.0559. The van der Waals surface area contributed by atoms with Gasteiger partial charge in [0, 0.05) is 45.9 Å². The first-order valence-electron chi connectivity index (χ1n) is 25.0. The van der Waals surface area contributed by atoms with Gasteiger partial charge in [0.1, 0.15) is 12.2 Å². The summed E-state index contributed by atoms with van der Waals surface area (Å²) in [7, 11) is 0. The number of carbonyl (C=O) groups is 1. The summed E-state index contributed by atoms with van der Waals surface area (Å²) in [6, 6.07) is 0. The number of nitrogens with two attached hydrogens (primary N) is 1. The molecule has 0 aromatic heterocycles. The lowest BCUT2D eigenvalue weighted by Crippen LogP contribution is -2.64. The second-order valence-electron chi connectivity index (χ2n) is 20.7. The maximum Gasteiger partial charge on any atom is 0.302 e. The molecule has 0 radical (unpaired) electrons. The molecule has 350 valence electrons. The summed E-state index contributed by atoms with van der Waals surface area (Å²) in [6.07, 6.45) is 13.8. The summed E-state index contributed by atoms with van der Waals surface area (Å²) < 4.78 is 26.5. The van der Waals surface area contributed by atoms with Crippen molar-refractivity contribution in [1.82, 2.24) is 21.3 Å². The van der Waals surface area contributed by atoms with Crippen LogP contribution in [-0.2, 0) is 23.7 Å². The molecule has 62 heavy (non-hydrogen) atoms. The van der Waals surface area contributed by atoms with Crippen molar-refractivity contribution in [1.29, 1.82) is 0 Å². The number of guanidine groups is 1. The van der Waals surface area contributed by atoms with Gasteiger partial charge in [-0.3, -0.25) is 9.79 Å². The van der Waals surface area contributed by atoms with Crippen molar-refractivity contribution in [2.24, 2.45) is 46.2 Å². The van der Waals surface area contributed by atoms with Crippen LogP contribution in [0, 0.1) is 47.3 Å². The van der Waals surface area contributed by atoms with Crippen LogP contribution < -0.4 is 27.0 Å². The highest BCUT2D eigenvalue weighted by molar-refractivity contribution is 5.81. The average molecular weight is 869 g/mol. The topological polar surface area (TPSA) is 201 Å². The Hall–Kier alpha value is -2.06. The number of esters is 1. The number of carbonyl (C=O) groups excluding carboxylic acids is 1. The van der Waals surface area contributed by atoms with E-state index in [1.54, 1.807) is 0 Å². The van der Waals surface area contributed by atoms with Crippen LogP contribution >= 0.6 is 0 Å². The highest BCUT2D eigenvalue weighted by Crippen LogP contribution is 2.44. The summed E-state index contributed by atoms with van der Waals surface area (Å²) in [5, 5.41) is 48.0. The Labute approximate surface area is 370 Å². The number of piperidine rings is 2. The number of aliphatic imine (C=N–C) groups is 1. The van der Waals surface area contributed by atoms with Gasteiger partial charge in [-0.2, -0.15) is 0 Å². The maximum absolute atomic E-state index is 12.5.